The molecule has 0 spiro atoms. The highest BCUT2D eigenvalue weighted by Crippen LogP contribution is 2.30. The Morgan fingerprint density at radius 2 is 1.61 bits per heavy atom. The van der Waals surface area contributed by atoms with Gasteiger partial charge in [-0.05, 0) is 29.8 Å². The molecule has 0 radical (unpaired) electrons. The van der Waals surface area contributed by atoms with Crippen LogP contribution in [0.2, 0.25) is 0 Å². The first-order valence-electron chi connectivity index (χ1n) is 9.16. The highest BCUT2D eigenvalue weighted by molar-refractivity contribution is 5.41. The summed E-state index contributed by atoms with van der Waals surface area (Å²) in [6.07, 6.45) is -2.97. The Morgan fingerprint density at radius 1 is 0.929 bits per heavy atom. The lowest BCUT2D eigenvalue weighted by Crippen LogP contribution is -2.62. The Morgan fingerprint density at radius 3 is 2.21 bits per heavy atom. The minimum absolute atomic E-state index is 0.234. The summed E-state index contributed by atoms with van der Waals surface area (Å²) in [5, 5.41) is 9.80. The molecule has 0 amide bonds. The first-order valence-corrected chi connectivity index (χ1v) is 9.16. The highest BCUT2D eigenvalue weighted by Gasteiger charge is 2.48. The first-order chi connectivity index (χ1) is 13.7. The number of nitrogen functional groups attached to an aromatic ring is 1. The van der Waals surface area contributed by atoms with Crippen molar-refractivity contribution < 1.29 is 28.8 Å². The van der Waals surface area contributed by atoms with Crippen LogP contribution in [0, 0.1) is 0 Å². The maximum Gasteiger partial charge on any atom is 0.229 e. The molecular weight excluding hydrogens is 362 g/mol. The lowest BCUT2D eigenvalue weighted by molar-refractivity contribution is -0.296. The second-order valence-corrected chi connectivity index (χ2v) is 6.57. The highest BCUT2D eigenvalue weighted by atomic mass is 16.7. The van der Waals surface area contributed by atoms with Gasteiger partial charge in [0, 0.05) is 19.9 Å². The standard InChI is InChI=1S/C21H27NO6/c1-24-18-17(12-23)28-21(27-16-10-8-15(22)9-11-16)20(25-2)19(18)26-13-14-6-4-3-5-7-14/h3-11,17-21,23H,12-13,22H2,1-2H3/t17-,18+,19+,20-,21-/m1/s1. The predicted octanol–water partition coefficient (Wildman–Crippen LogP) is 1.98. The number of methoxy groups -OCH3 is 2. The van der Waals surface area contributed by atoms with Gasteiger partial charge in [-0.3, -0.25) is 0 Å². The monoisotopic (exact) mass is 389 g/mol. The van der Waals surface area contributed by atoms with Crippen LogP contribution in [0.4, 0.5) is 5.69 Å². The molecule has 1 aliphatic rings. The van der Waals surface area contributed by atoms with Crippen LogP contribution in [0.25, 0.3) is 0 Å². The number of rotatable bonds is 8. The van der Waals surface area contributed by atoms with E-state index in [2.05, 4.69) is 0 Å². The van der Waals surface area contributed by atoms with Crippen LogP contribution in [-0.2, 0) is 25.6 Å². The molecule has 1 heterocycles. The van der Waals surface area contributed by atoms with Crippen molar-refractivity contribution in [3.63, 3.8) is 0 Å². The number of aliphatic hydroxyl groups excluding tert-OH is 1. The maximum atomic E-state index is 9.80. The molecule has 28 heavy (non-hydrogen) atoms. The summed E-state index contributed by atoms with van der Waals surface area (Å²) in [5.74, 6) is 0.579. The molecule has 1 saturated heterocycles. The first kappa shape index (κ1) is 20.6. The van der Waals surface area contributed by atoms with E-state index in [0.717, 1.165) is 5.56 Å². The van der Waals surface area contributed by atoms with Crippen molar-refractivity contribution >= 4 is 5.69 Å². The largest absolute Gasteiger partial charge is 0.462 e. The third-order valence-corrected chi connectivity index (χ3v) is 4.73. The number of aliphatic hydroxyl groups is 1. The van der Waals surface area contributed by atoms with Gasteiger partial charge in [0.1, 0.15) is 30.2 Å². The van der Waals surface area contributed by atoms with Gasteiger partial charge in [0.2, 0.25) is 6.29 Å². The summed E-state index contributed by atoms with van der Waals surface area (Å²) in [7, 11) is 3.13. The predicted molar refractivity (Wildman–Crippen MR) is 104 cm³/mol. The molecule has 0 bridgehead atoms. The summed E-state index contributed by atoms with van der Waals surface area (Å²) in [5.41, 5.74) is 7.39. The fraction of sp³-hybridized carbons (Fsp3) is 0.429. The van der Waals surface area contributed by atoms with E-state index in [9.17, 15) is 5.11 Å². The van der Waals surface area contributed by atoms with E-state index >= 15 is 0 Å². The van der Waals surface area contributed by atoms with Crippen molar-refractivity contribution in [3.05, 3.63) is 60.2 Å². The van der Waals surface area contributed by atoms with Crippen LogP contribution in [0.3, 0.4) is 0 Å². The van der Waals surface area contributed by atoms with Crippen molar-refractivity contribution in [2.24, 2.45) is 0 Å². The molecule has 1 aliphatic heterocycles. The molecular formula is C21H27NO6. The average molecular weight is 389 g/mol. The van der Waals surface area contributed by atoms with E-state index in [1.165, 1.54) is 0 Å². The van der Waals surface area contributed by atoms with Crippen molar-refractivity contribution in [2.45, 2.75) is 37.3 Å². The van der Waals surface area contributed by atoms with E-state index < -0.39 is 30.7 Å². The number of hydrogen-bond donors (Lipinski definition) is 2. The lowest BCUT2D eigenvalue weighted by atomic mass is 9.98. The second kappa shape index (κ2) is 9.86. The van der Waals surface area contributed by atoms with Crippen LogP contribution in [-0.4, -0.2) is 56.6 Å². The second-order valence-electron chi connectivity index (χ2n) is 6.57. The van der Waals surface area contributed by atoms with E-state index in [0.29, 0.717) is 18.0 Å². The Bertz CT molecular complexity index is 711. The molecule has 0 unspecified atom stereocenters. The van der Waals surface area contributed by atoms with E-state index in [-0.39, 0.29) is 6.61 Å². The van der Waals surface area contributed by atoms with Gasteiger partial charge in [-0.15, -0.1) is 0 Å². The molecule has 5 atom stereocenters. The van der Waals surface area contributed by atoms with Crippen molar-refractivity contribution in [1.82, 2.24) is 0 Å². The molecule has 0 aromatic heterocycles. The van der Waals surface area contributed by atoms with Gasteiger partial charge in [0.15, 0.2) is 0 Å². The average Bonchev–Trinajstić information content (AvgIpc) is 2.73. The summed E-state index contributed by atoms with van der Waals surface area (Å²) in [4.78, 5) is 0. The molecule has 3 N–H and O–H groups in total. The smallest absolute Gasteiger partial charge is 0.229 e. The zero-order chi connectivity index (χ0) is 19.9. The number of benzene rings is 2. The van der Waals surface area contributed by atoms with Crippen molar-refractivity contribution in [2.75, 3.05) is 26.6 Å². The van der Waals surface area contributed by atoms with Gasteiger partial charge in [0.05, 0.1) is 13.2 Å². The normalized spacial score (nSPS) is 27.5. The molecule has 1 fully saturated rings. The number of nitrogens with two attached hydrogens (primary N) is 1. The molecule has 2 aromatic carbocycles. The van der Waals surface area contributed by atoms with Gasteiger partial charge >= 0.3 is 0 Å². The van der Waals surface area contributed by atoms with Crippen molar-refractivity contribution in [1.29, 1.82) is 0 Å². The molecule has 2 aromatic rings. The summed E-state index contributed by atoms with van der Waals surface area (Å²) < 4.78 is 29.3. The Hall–Kier alpha value is -2.16. The summed E-state index contributed by atoms with van der Waals surface area (Å²) in [6.45, 7) is 0.139. The summed E-state index contributed by atoms with van der Waals surface area (Å²) >= 11 is 0. The number of ether oxygens (including phenoxy) is 5. The zero-order valence-electron chi connectivity index (χ0n) is 16.1. The van der Waals surface area contributed by atoms with Gasteiger partial charge < -0.3 is 34.5 Å². The van der Waals surface area contributed by atoms with Crippen molar-refractivity contribution in [3.8, 4) is 5.75 Å². The molecule has 7 nitrogen and oxygen atoms in total. The topological polar surface area (TPSA) is 92.4 Å². The maximum absolute atomic E-state index is 9.80. The fourth-order valence-electron chi connectivity index (χ4n) is 3.29. The quantitative estimate of drug-likeness (QED) is 0.667. The molecule has 0 saturated carbocycles. The Kier molecular flexibility index (Phi) is 7.24. The van der Waals surface area contributed by atoms with Crippen LogP contribution < -0.4 is 10.5 Å². The molecule has 3 rings (SSSR count). The lowest BCUT2D eigenvalue weighted by Gasteiger charge is -2.44. The number of hydrogen-bond acceptors (Lipinski definition) is 7. The Balaban J connectivity index is 1.79. The van der Waals surface area contributed by atoms with E-state index in [4.69, 9.17) is 29.4 Å². The van der Waals surface area contributed by atoms with Crippen LogP contribution in [0.1, 0.15) is 5.56 Å². The van der Waals surface area contributed by atoms with Crippen LogP contribution in [0.15, 0.2) is 54.6 Å². The fourth-order valence-corrected chi connectivity index (χ4v) is 3.29. The third kappa shape index (κ3) is 4.81. The zero-order valence-corrected chi connectivity index (χ0v) is 16.1. The molecule has 0 aliphatic carbocycles. The minimum Gasteiger partial charge on any atom is -0.462 e. The SMILES string of the molecule is CO[C@@H]1[C@H](OCc2ccccc2)[C@@H](OC)[C@H](Oc2ccc(N)cc2)O[C@@H]1CO. The van der Waals surface area contributed by atoms with E-state index in [1.807, 2.05) is 30.3 Å². The van der Waals surface area contributed by atoms with Gasteiger partial charge in [-0.25, -0.2) is 0 Å². The van der Waals surface area contributed by atoms with Gasteiger partial charge in [-0.2, -0.15) is 0 Å². The minimum atomic E-state index is -0.780. The number of anilines is 1. The third-order valence-electron chi connectivity index (χ3n) is 4.73. The van der Waals surface area contributed by atoms with E-state index in [1.54, 1.807) is 38.5 Å². The Labute approximate surface area is 164 Å². The molecule has 152 valence electrons. The summed E-state index contributed by atoms with van der Waals surface area (Å²) in [6, 6.07) is 16.8. The van der Waals surface area contributed by atoms with Gasteiger partial charge in [0.25, 0.3) is 0 Å². The van der Waals surface area contributed by atoms with Crippen LogP contribution in [0.5, 0.6) is 5.75 Å². The molecule has 7 heteroatoms. The van der Waals surface area contributed by atoms with Gasteiger partial charge in [-0.1, -0.05) is 30.3 Å². The van der Waals surface area contributed by atoms with Crippen LogP contribution >= 0.6 is 0 Å².